The third kappa shape index (κ3) is 1.95. The fourth-order valence-electron chi connectivity index (χ4n) is 1.98. The summed E-state index contributed by atoms with van der Waals surface area (Å²) in [6.07, 6.45) is 0.439. The van der Waals surface area contributed by atoms with Crippen LogP contribution in [-0.2, 0) is 15.9 Å². The van der Waals surface area contributed by atoms with Gasteiger partial charge in [0.2, 0.25) is 6.29 Å². The van der Waals surface area contributed by atoms with Gasteiger partial charge >= 0.3 is 5.97 Å². The van der Waals surface area contributed by atoms with Crippen molar-refractivity contribution in [2.45, 2.75) is 26.6 Å². The maximum Gasteiger partial charge on any atom is 0.341 e. The molecule has 0 aliphatic carbocycles. The molecule has 0 radical (unpaired) electrons. The van der Waals surface area contributed by atoms with Gasteiger partial charge in [-0.15, -0.1) is 0 Å². The lowest BCUT2D eigenvalue weighted by Crippen LogP contribution is -1.99. The lowest BCUT2D eigenvalue weighted by Gasteiger charge is -2.08. The second kappa shape index (κ2) is 4.26. The summed E-state index contributed by atoms with van der Waals surface area (Å²) < 4.78 is 10.2. The molecule has 16 heavy (non-hydrogen) atoms. The normalized spacial score (nSPS) is 18.8. The van der Waals surface area contributed by atoms with Gasteiger partial charge in [0.1, 0.15) is 0 Å². The minimum atomic E-state index is -0.532. The molecule has 1 atom stereocenters. The molecule has 3 nitrogen and oxygen atoms in total. The molecule has 1 heterocycles. The number of hydrogen-bond donors (Lipinski definition) is 0. The smallest absolute Gasteiger partial charge is 0.341 e. The Labute approximate surface area is 95.4 Å². The highest BCUT2D eigenvalue weighted by Gasteiger charge is 2.30. The Morgan fingerprint density at radius 3 is 2.81 bits per heavy atom. The Bertz CT molecular complexity index is 410. The molecule has 0 saturated carbocycles. The van der Waals surface area contributed by atoms with Gasteiger partial charge in [-0.05, 0) is 24.0 Å². The van der Waals surface area contributed by atoms with Gasteiger partial charge in [0.25, 0.3) is 0 Å². The van der Waals surface area contributed by atoms with Gasteiger partial charge in [-0.3, -0.25) is 0 Å². The van der Waals surface area contributed by atoms with E-state index < -0.39 is 6.29 Å². The standard InChI is InChI=1S/C13H16O3/c1-8(2)6-9-4-5-10-11(7-9)12(14)16-13(10)15-3/h4-5,7-8,13H,6H2,1-3H3. The summed E-state index contributed by atoms with van der Waals surface area (Å²) >= 11 is 0. The average molecular weight is 220 g/mol. The number of methoxy groups -OCH3 is 1. The molecule has 1 aliphatic rings. The maximum absolute atomic E-state index is 11.6. The van der Waals surface area contributed by atoms with Gasteiger partial charge in [0.15, 0.2) is 0 Å². The van der Waals surface area contributed by atoms with Gasteiger partial charge in [0.05, 0.1) is 5.56 Å². The van der Waals surface area contributed by atoms with Gasteiger partial charge < -0.3 is 9.47 Å². The number of carbonyl (C=O) groups is 1. The average Bonchev–Trinajstić information content (AvgIpc) is 2.55. The van der Waals surface area contributed by atoms with Crippen molar-refractivity contribution >= 4 is 5.97 Å². The lowest BCUT2D eigenvalue weighted by atomic mass is 9.98. The molecule has 0 fully saturated rings. The predicted molar refractivity (Wildman–Crippen MR) is 60.1 cm³/mol. The summed E-state index contributed by atoms with van der Waals surface area (Å²) in [4.78, 5) is 11.6. The van der Waals surface area contributed by atoms with Gasteiger partial charge in [-0.1, -0.05) is 26.0 Å². The first-order chi connectivity index (χ1) is 7.61. The van der Waals surface area contributed by atoms with Gasteiger partial charge in [-0.2, -0.15) is 0 Å². The Morgan fingerprint density at radius 2 is 2.19 bits per heavy atom. The molecule has 1 unspecified atom stereocenters. The van der Waals surface area contributed by atoms with Crippen LogP contribution in [0.4, 0.5) is 0 Å². The van der Waals surface area contributed by atoms with Crippen molar-refractivity contribution in [1.29, 1.82) is 0 Å². The van der Waals surface area contributed by atoms with E-state index in [0.29, 0.717) is 11.5 Å². The molecular weight excluding hydrogens is 204 g/mol. The van der Waals surface area contributed by atoms with Crippen molar-refractivity contribution in [2.75, 3.05) is 7.11 Å². The minimum Gasteiger partial charge on any atom is -0.428 e. The first-order valence-electron chi connectivity index (χ1n) is 5.48. The van der Waals surface area contributed by atoms with Crippen LogP contribution in [0.15, 0.2) is 18.2 Å². The molecule has 0 N–H and O–H groups in total. The molecule has 0 saturated heterocycles. The number of carbonyl (C=O) groups excluding carboxylic acids is 1. The summed E-state index contributed by atoms with van der Waals surface area (Å²) in [7, 11) is 1.54. The van der Waals surface area contributed by atoms with Crippen LogP contribution in [0, 0.1) is 5.92 Å². The molecule has 0 spiro atoms. The molecule has 0 bridgehead atoms. The second-order valence-corrected chi connectivity index (χ2v) is 4.49. The number of hydrogen-bond acceptors (Lipinski definition) is 3. The zero-order valence-corrected chi connectivity index (χ0v) is 9.82. The number of fused-ring (bicyclic) bond motifs is 1. The van der Waals surface area contributed by atoms with E-state index in [1.165, 1.54) is 12.7 Å². The maximum atomic E-state index is 11.6. The zero-order valence-electron chi connectivity index (χ0n) is 9.82. The summed E-state index contributed by atoms with van der Waals surface area (Å²) in [6.45, 7) is 4.31. The van der Waals surface area contributed by atoms with Crippen LogP contribution >= 0.6 is 0 Å². The largest absolute Gasteiger partial charge is 0.428 e. The number of cyclic esters (lactones) is 1. The highest BCUT2D eigenvalue weighted by molar-refractivity contribution is 5.94. The monoisotopic (exact) mass is 220 g/mol. The van der Waals surface area contributed by atoms with Crippen LogP contribution in [0.1, 0.15) is 41.6 Å². The molecule has 3 heteroatoms. The molecule has 0 aromatic heterocycles. The first kappa shape index (κ1) is 11.1. The highest BCUT2D eigenvalue weighted by Crippen LogP contribution is 2.31. The fourth-order valence-corrected chi connectivity index (χ4v) is 1.98. The third-order valence-corrected chi connectivity index (χ3v) is 2.66. The zero-order chi connectivity index (χ0) is 11.7. The van der Waals surface area contributed by atoms with Crippen molar-refractivity contribution in [2.24, 2.45) is 5.92 Å². The molecule has 1 aromatic rings. The molecule has 0 amide bonds. The third-order valence-electron chi connectivity index (χ3n) is 2.66. The van der Waals surface area contributed by atoms with Gasteiger partial charge in [-0.25, -0.2) is 4.79 Å². The van der Waals surface area contributed by atoms with E-state index >= 15 is 0 Å². The molecular formula is C13H16O3. The Hall–Kier alpha value is -1.35. The Kier molecular flexibility index (Phi) is 2.97. The summed E-state index contributed by atoms with van der Waals surface area (Å²) in [6, 6.07) is 5.87. The van der Waals surface area contributed by atoms with Crippen LogP contribution in [0.5, 0.6) is 0 Å². The van der Waals surface area contributed by atoms with E-state index in [2.05, 4.69) is 13.8 Å². The fraction of sp³-hybridized carbons (Fsp3) is 0.462. The predicted octanol–water partition coefficient (Wildman–Crippen LogP) is 2.70. The van der Waals surface area contributed by atoms with E-state index in [-0.39, 0.29) is 5.97 Å². The quantitative estimate of drug-likeness (QED) is 0.735. The Morgan fingerprint density at radius 1 is 1.44 bits per heavy atom. The highest BCUT2D eigenvalue weighted by atomic mass is 16.7. The summed E-state index contributed by atoms with van der Waals surface area (Å²) in [5.74, 6) is 0.293. The number of ether oxygens (including phenoxy) is 2. The molecule has 1 aromatic carbocycles. The molecule has 2 rings (SSSR count). The lowest BCUT2D eigenvalue weighted by molar-refractivity contribution is -0.0815. The number of rotatable bonds is 3. The molecule has 86 valence electrons. The van der Waals surface area contributed by atoms with Crippen LogP contribution in [0.2, 0.25) is 0 Å². The number of esters is 1. The van der Waals surface area contributed by atoms with Crippen LogP contribution in [0.25, 0.3) is 0 Å². The van der Waals surface area contributed by atoms with Crippen LogP contribution < -0.4 is 0 Å². The van der Waals surface area contributed by atoms with Crippen LogP contribution in [0.3, 0.4) is 0 Å². The van der Waals surface area contributed by atoms with Crippen molar-refractivity contribution in [1.82, 2.24) is 0 Å². The summed E-state index contributed by atoms with van der Waals surface area (Å²) in [5, 5.41) is 0. The van der Waals surface area contributed by atoms with E-state index in [1.54, 1.807) is 0 Å². The topological polar surface area (TPSA) is 35.5 Å². The minimum absolute atomic E-state index is 0.285. The second-order valence-electron chi connectivity index (χ2n) is 4.49. The van der Waals surface area contributed by atoms with E-state index in [0.717, 1.165) is 12.0 Å². The summed E-state index contributed by atoms with van der Waals surface area (Å²) in [5.41, 5.74) is 2.65. The van der Waals surface area contributed by atoms with E-state index in [4.69, 9.17) is 9.47 Å². The van der Waals surface area contributed by atoms with Crippen LogP contribution in [-0.4, -0.2) is 13.1 Å². The molecule has 1 aliphatic heterocycles. The van der Waals surface area contributed by atoms with Gasteiger partial charge in [0, 0.05) is 12.7 Å². The van der Waals surface area contributed by atoms with Crippen molar-refractivity contribution in [3.05, 3.63) is 34.9 Å². The Balaban J connectivity index is 2.32. The number of benzene rings is 1. The van der Waals surface area contributed by atoms with E-state index in [1.807, 2.05) is 18.2 Å². The first-order valence-corrected chi connectivity index (χ1v) is 5.48. The SMILES string of the molecule is COC1OC(=O)c2cc(CC(C)C)ccc21. The van der Waals surface area contributed by atoms with E-state index in [9.17, 15) is 4.79 Å². The van der Waals surface area contributed by atoms with Crippen molar-refractivity contribution in [3.8, 4) is 0 Å². The van der Waals surface area contributed by atoms with Crippen molar-refractivity contribution < 1.29 is 14.3 Å². The van der Waals surface area contributed by atoms with Crippen molar-refractivity contribution in [3.63, 3.8) is 0 Å².